The van der Waals surface area contributed by atoms with E-state index in [-0.39, 0.29) is 17.7 Å². The highest BCUT2D eigenvalue weighted by Gasteiger charge is 2.48. The number of rotatable bonds is 5. The van der Waals surface area contributed by atoms with Crippen LogP contribution in [0.1, 0.15) is 51.4 Å². The van der Waals surface area contributed by atoms with E-state index in [0.29, 0.717) is 19.0 Å². The van der Waals surface area contributed by atoms with Crippen molar-refractivity contribution in [2.24, 2.45) is 11.3 Å². The number of likely N-dealkylation sites (tertiary alicyclic amines) is 2. The molecule has 0 N–H and O–H groups in total. The maximum Gasteiger partial charge on any atom is 0.389 e. The van der Waals surface area contributed by atoms with E-state index in [0.717, 1.165) is 38.9 Å². The molecule has 1 atom stereocenters. The maximum absolute atomic E-state index is 12.9. The number of carbonyl (C=O) groups excluding carboxylic acids is 1. The summed E-state index contributed by atoms with van der Waals surface area (Å²) in [6.07, 6.45) is 1.86. The van der Waals surface area contributed by atoms with Gasteiger partial charge in [0.15, 0.2) is 0 Å². The number of amides is 1. The van der Waals surface area contributed by atoms with Crippen molar-refractivity contribution in [3.8, 4) is 0 Å². The van der Waals surface area contributed by atoms with E-state index in [1.54, 1.807) is 0 Å². The van der Waals surface area contributed by atoms with Crippen LogP contribution in [0.15, 0.2) is 0 Å². The van der Waals surface area contributed by atoms with Crippen LogP contribution >= 0.6 is 0 Å². The van der Waals surface area contributed by atoms with Crippen molar-refractivity contribution in [2.75, 3.05) is 32.7 Å². The zero-order valence-electron chi connectivity index (χ0n) is 13.7. The second kappa shape index (κ2) is 6.61. The van der Waals surface area contributed by atoms with E-state index < -0.39 is 12.6 Å². The minimum Gasteiger partial charge on any atom is -0.342 e. The van der Waals surface area contributed by atoms with Crippen molar-refractivity contribution in [3.05, 3.63) is 0 Å². The Labute approximate surface area is 136 Å². The van der Waals surface area contributed by atoms with E-state index in [2.05, 4.69) is 4.90 Å². The molecule has 1 unspecified atom stereocenters. The SMILES string of the molecule is O=C1N(CC2CCC2)CCCC12CCN(CCCC(F)(F)F)C2. The van der Waals surface area contributed by atoms with Crippen molar-refractivity contribution < 1.29 is 18.0 Å². The van der Waals surface area contributed by atoms with Gasteiger partial charge < -0.3 is 9.80 Å². The molecule has 0 aromatic heterocycles. The smallest absolute Gasteiger partial charge is 0.342 e. The molecule has 0 radical (unpaired) electrons. The fourth-order valence-electron chi connectivity index (χ4n) is 4.34. The van der Waals surface area contributed by atoms with Crippen LogP contribution < -0.4 is 0 Å². The van der Waals surface area contributed by atoms with Crippen LogP contribution in [0.4, 0.5) is 13.2 Å². The maximum atomic E-state index is 12.9. The summed E-state index contributed by atoms with van der Waals surface area (Å²) < 4.78 is 36.8. The average Bonchev–Trinajstić information content (AvgIpc) is 2.82. The second-order valence-electron chi connectivity index (χ2n) is 7.68. The molecule has 2 heterocycles. The fourth-order valence-corrected chi connectivity index (χ4v) is 4.34. The van der Waals surface area contributed by atoms with Gasteiger partial charge in [-0.2, -0.15) is 13.2 Å². The molecular formula is C17H27F3N2O. The first-order valence-corrected chi connectivity index (χ1v) is 8.96. The van der Waals surface area contributed by atoms with E-state index in [1.807, 2.05) is 4.90 Å². The summed E-state index contributed by atoms with van der Waals surface area (Å²) in [5.41, 5.74) is -0.305. The Bertz CT molecular complexity index is 436. The normalized spacial score (nSPS) is 30.2. The highest BCUT2D eigenvalue weighted by atomic mass is 19.4. The van der Waals surface area contributed by atoms with Crippen LogP contribution in [-0.2, 0) is 4.79 Å². The van der Waals surface area contributed by atoms with Gasteiger partial charge in [-0.3, -0.25) is 4.79 Å². The number of halogens is 3. The number of alkyl halides is 3. The minimum absolute atomic E-state index is 0.138. The quantitative estimate of drug-likeness (QED) is 0.770. The highest BCUT2D eigenvalue weighted by molar-refractivity contribution is 5.84. The van der Waals surface area contributed by atoms with Gasteiger partial charge in [0.2, 0.25) is 5.91 Å². The lowest BCUT2D eigenvalue weighted by molar-refractivity contribution is -0.147. The molecule has 1 aliphatic carbocycles. The standard InChI is InChI=1S/C17H27F3N2O/c18-17(19,20)7-3-9-21-11-8-16(13-21)6-2-10-22(15(16)23)12-14-4-1-5-14/h14H,1-13H2. The lowest BCUT2D eigenvalue weighted by Gasteiger charge is -2.42. The first-order valence-electron chi connectivity index (χ1n) is 8.96. The number of hydrogen-bond acceptors (Lipinski definition) is 2. The highest BCUT2D eigenvalue weighted by Crippen LogP contribution is 2.41. The van der Waals surface area contributed by atoms with Crippen molar-refractivity contribution in [1.29, 1.82) is 0 Å². The van der Waals surface area contributed by atoms with Crippen molar-refractivity contribution in [1.82, 2.24) is 9.80 Å². The van der Waals surface area contributed by atoms with Crippen molar-refractivity contribution >= 4 is 5.91 Å². The Morgan fingerprint density at radius 3 is 2.57 bits per heavy atom. The van der Waals surface area contributed by atoms with Crippen LogP contribution in [0.2, 0.25) is 0 Å². The molecule has 2 aliphatic heterocycles. The monoisotopic (exact) mass is 332 g/mol. The predicted octanol–water partition coefficient (Wildman–Crippen LogP) is 3.44. The van der Waals surface area contributed by atoms with Gasteiger partial charge in [-0.25, -0.2) is 0 Å². The molecule has 0 bridgehead atoms. The first kappa shape index (κ1) is 17.1. The Kier molecular flexibility index (Phi) is 4.90. The third-order valence-electron chi connectivity index (χ3n) is 5.90. The zero-order chi connectivity index (χ0) is 16.5. The molecule has 1 spiro atoms. The number of piperidine rings is 1. The summed E-state index contributed by atoms with van der Waals surface area (Å²) in [5, 5.41) is 0. The van der Waals surface area contributed by atoms with Gasteiger partial charge >= 0.3 is 6.18 Å². The molecule has 3 fully saturated rings. The average molecular weight is 332 g/mol. The third-order valence-corrected chi connectivity index (χ3v) is 5.90. The molecule has 1 saturated carbocycles. The van der Waals surface area contributed by atoms with Gasteiger partial charge in [0.1, 0.15) is 0 Å². The lowest BCUT2D eigenvalue weighted by atomic mass is 9.77. The molecule has 3 aliphatic rings. The Morgan fingerprint density at radius 1 is 1.13 bits per heavy atom. The van der Waals surface area contributed by atoms with E-state index in [4.69, 9.17) is 0 Å². The van der Waals surface area contributed by atoms with Crippen molar-refractivity contribution in [2.45, 2.75) is 57.5 Å². The van der Waals surface area contributed by atoms with E-state index >= 15 is 0 Å². The summed E-state index contributed by atoms with van der Waals surface area (Å²) in [5.74, 6) is 0.951. The van der Waals surface area contributed by atoms with Crippen molar-refractivity contribution in [3.63, 3.8) is 0 Å². The van der Waals surface area contributed by atoms with E-state index in [1.165, 1.54) is 19.3 Å². The molecule has 1 amide bonds. The molecule has 6 heteroatoms. The van der Waals surface area contributed by atoms with Gasteiger partial charge in [-0.05, 0) is 57.5 Å². The fraction of sp³-hybridized carbons (Fsp3) is 0.941. The van der Waals surface area contributed by atoms with Crippen LogP contribution in [-0.4, -0.2) is 54.6 Å². The third kappa shape index (κ3) is 4.01. The number of hydrogen-bond donors (Lipinski definition) is 0. The largest absolute Gasteiger partial charge is 0.389 e. The summed E-state index contributed by atoms with van der Waals surface area (Å²) >= 11 is 0. The minimum atomic E-state index is -4.07. The summed E-state index contributed by atoms with van der Waals surface area (Å²) in [7, 11) is 0. The van der Waals surface area contributed by atoms with Gasteiger partial charge in [-0.15, -0.1) is 0 Å². The Morgan fingerprint density at radius 2 is 1.91 bits per heavy atom. The predicted molar refractivity (Wildman–Crippen MR) is 81.9 cm³/mol. The molecule has 132 valence electrons. The molecule has 2 saturated heterocycles. The van der Waals surface area contributed by atoms with Crippen LogP contribution in [0.3, 0.4) is 0 Å². The van der Waals surface area contributed by atoms with Gasteiger partial charge in [0, 0.05) is 26.1 Å². The first-order chi connectivity index (χ1) is 10.9. The molecule has 23 heavy (non-hydrogen) atoms. The molecule has 3 rings (SSSR count). The van der Waals surface area contributed by atoms with E-state index in [9.17, 15) is 18.0 Å². The van der Waals surface area contributed by atoms with Gasteiger partial charge in [0.05, 0.1) is 5.41 Å². The Balaban J connectivity index is 1.51. The van der Waals surface area contributed by atoms with Gasteiger partial charge in [-0.1, -0.05) is 6.42 Å². The van der Waals surface area contributed by atoms with Crippen LogP contribution in [0.25, 0.3) is 0 Å². The second-order valence-corrected chi connectivity index (χ2v) is 7.68. The number of carbonyl (C=O) groups is 1. The lowest BCUT2D eigenvalue weighted by Crippen LogP contribution is -2.51. The summed E-state index contributed by atoms with van der Waals surface area (Å²) in [6.45, 7) is 3.64. The number of nitrogens with zero attached hydrogens (tertiary/aromatic N) is 2. The van der Waals surface area contributed by atoms with Crippen LogP contribution in [0.5, 0.6) is 0 Å². The van der Waals surface area contributed by atoms with Gasteiger partial charge in [0.25, 0.3) is 0 Å². The molecule has 0 aromatic rings. The summed E-state index contributed by atoms with van der Waals surface area (Å²) in [6, 6.07) is 0. The molecular weight excluding hydrogens is 305 g/mol. The topological polar surface area (TPSA) is 23.6 Å². The summed E-state index contributed by atoms with van der Waals surface area (Å²) in [4.78, 5) is 17.0. The molecule has 0 aromatic carbocycles. The zero-order valence-corrected chi connectivity index (χ0v) is 13.7. The molecule has 3 nitrogen and oxygen atoms in total. The van der Waals surface area contributed by atoms with Crippen LogP contribution in [0, 0.1) is 11.3 Å². The Hall–Kier alpha value is -0.780.